The Morgan fingerprint density at radius 1 is 1.18 bits per heavy atom. The Hall–Kier alpha value is -2.77. The van der Waals surface area contributed by atoms with E-state index in [4.69, 9.17) is 11.6 Å². The molecule has 1 unspecified atom stereocenters. The Balaban J connectivity index is 1.65. The number of halogens is 1. The minimum absolute atomic E-state index is 0.153. The SMILES string of the molecule is Cc1nc(C)c(-c2ccnc(NC(C)c3cc4cc(Cl)ccc4[nH]c3=O)n2)s1. The summed E-state index contributed by atoms with van der Waals surface area (Å²) in [5.74, 6) is 0.459. The Labute approximate surface area is 170 Å². The van der Waals surface area contributed by atoms with Crippen LogP contribution in [0.4, 0.5) is 5.95 Å². The first-order chi connectivity index (χ1) is 13.4. The minimum atomic E-state index is -0.285. The van der Waals surface area contributed by atoms with Gasteiger partial charge in [-0.05, 0) is 51.1 Å². The Bertz CT molecular complexity index is 1230. The Morgan fingerprint density at radius 2 is 2.00 bits per heavy atom. The first-order valence-electron chi connectivity index (χ1n) is 8.77. The number of anilines is 1. The van der Waals surface area contributed by atoms with E-state index in [0.717, 1.165) is 32.2 Å². The standard InChI is InChI=1S/C20H18ClN5OS/c1-10(15-9-13-8-14(21)4-5-16(13)25-19(15)27)24-20-22-7-6-17(26-20)18-11(2)23-12(3)28-18/h4-10H,1-3H3,(H,25,27)(H,22,24,26). The number of pyridine rings is 1. The van der Waals surface area contributed by atoms with Crippen LogP contribution in [0, 0.1) is 13.8 Å². The van der Waals surface area contributed by atoms with Crippen LogP contribution in [0.5, 0.6) is 0 Å². The van der Waals surface area contributed by atoms with Crippen LogP contribution < -0.4 is 10.9 Å². The summed E-state index contributed by atoms with van der Waals surface area (Å²) in [6.45, 7) is 5.84. The molecule has 3 heterocycles. The maximum atomic E-state index is 12.5. The molecule has 0 aliphatic rings. The third kappa shape index (κ3) is 3.63. The van der Waals surface area contributed by atoms with Crippen LogP contribution in [0.15, 0.2) is 41.3 Å². The van der Waals surface area contributed by atoms with Crippen LogP contribution in [-0.4, -0.2) is 19.9 Å². The number of benzene rings is 1. The van der Waals surface area contributed by atoms with Gasteiger partial charge in [0.2, 0.25) is 5.95 Å². The first-order valence-corrected chi connectivity index (χ1v) is 9.96. The summed E-state index contributed by atoms with van der Waals surface area (Å²) >= 11 is 7.68. The second-order valence-electron chi connectivity index (χ2n) is 6.56. The number of fused-ring (bicyclic) bond motifs is 1. The van der Waals surface area contributed by atoms with Gasteiger partial charge in [-0.2, -0.15) is 0 Å². The van der Waals surface area contributed by atoms with Gasteiger partial charge in [0.05, 0.1) is 27.3 Å². The van der Waals surface area contributed by atoms with Gasteiger partial charge in [-0.25, -0.2) is 15.0 Å². The normalized spacial score (nSPS) is 12.3. The zero-order valence-corrected chi connectivity index (χ0v) is 17.1. The molecule has 1 aromatic carbocycles. The monoisotopic (exact) mass is 411 g/mol. The number of aromatic amines is 1. The van der Waals surface area contributed by atoms with Crippen molar-refractivity contribution >= 4 is 39.8 Å². The van der Waals surface area contributed by atoms with Crippen molar-refractivity contribution < 1.29 is 0 Å². The van der Waals surface area contributed by atoms with E-state index in [2.05, 4.69) is 25.3 Å². The zero-order chi connectivity index (χ0) is 19.8. The molecule has 0 bridgehead atoms. The molecule has 3 aromatic heterocycles. The highest BCUT2D eigenvalue weighted by Crippen LogP contribution is 2.29. The summed E-state index contributed by atoms with van der Waals surface area (Å²) in [5.41, 5.74) is 2.95. The number of aromatic nitrogens is 4. The number of nitrogens with zero attached hydrogens (tertiary/aromatic N) is 3. The highest BCUT2D eigenvalue weighted by atomic mass is 35.5. The number of hydrogen-bond donors (Lipinski definition) is 2. The van der Waals surface area contributed by atoms with Gasteiger partial charge in [-0.1, -0.05) is 11.6 Å². The molecule has 4 aromatic rings. The van der Waals surface area contributed by atoms with Crippen molar-refractivity contribution in [1.29, 1.82) is 0 Å². The average molecular weight is 412 g/mol. The van der Waals surface area contributed by atoms with Crippen molar-refractivity contribution in [3.8, 4) is 10.6 Å². The molecule has 0 radical (unpaired) electrons. The van der Waals surface area contributed by atoms with E-state index in [9.17, 15) is 4.79 Å². The molecule has 142 valence electrons. The van der Waals surface area contributed by atoms with Gasteiger partial charge in [0, 0.05) is 27.7 Å². The summed E-state index contributed by atoms with van der Waals surface area (Å²) in [4.78, 5) is 29.8. The fraction of sp³-hybridized carbons (Fsp3) is 0.200. The molecule has 0 aliphatic carbocycles. The highest BCUT2D eigenvalue weighted by Gasteiger charge is 2.14. The van der Waals surface area contributed by atoms with Crippen molar-refractivity contribution in [2.45, 2.75) is 26.8 Å². The second kappa shape index (κ2) is 7.33. The van der Waals surface area contributed by atoms with E-state index in [0.29, 0.717) is 16.5 Å². The molecule has 0 fully saturated rings. The van der Waals surface area contributed by atoms with Crippen molar-refractivity contribution in [3.05, 3.63) is 68.2 Å². The van der Waals surface area contributed by atoms with E-state index < -0.39 is 0 Å². The highest BCUT2D eigenvalue weighted by molar-refractivity contribution is 7.15. The lowest BCUT2D eigenvalue weighted by Crippen LogP contribution is -2.20. The molecular formula is C20H18ClN5OS. The van der Waals surface area contributed by atoms with Crippen LogP contribution in [0.3, 0.4) is 0 Å². The lowest BCUT2D eigenvalue weighted by Gasteiger charge is -2.14. The summed E-state index contributed by atoms with van der Waals surface area (Å²) in [5, 5.41) is 5.72. The van der Waals surface area contributed by atoms with E-state index in [1.165, 1.54) is 0 Å². The largest absolute Gasteiger partial charge is 0.347 e. The number of thiazole rings is 1. The van der Waals surface area contributed by atoms with Gasteiger partial charge < -0.3 is 10.3 Å². The summed E-state index contributed by atoms with van der Waals surface area (Å²) in [6.07, 6.45) is 1.70. The van der Waals surface area contributed by atoms with Crippen molar-refractivity contribution in [2.75, 3.05) is 5.32 Å². The number of aryl methyl sites for hydroxylation is 2. The van der Waals surface area contributed by atoms with Crippen molar-refractivity contribution in [3.63, 3.8) is 0 Å². The van der Waals surface area contributed by atoms with Crippen molar-refractivity contribution in [1.82, 2.24) is 19.9 Å². The van der Waals surface area contributed by atoms with Gasteiger partial charge in [0.1, 0.15) is 0 Å². The maximum absolute atomic E-state index is 12.5. The van der Waals surface area contributed by atoms with Gasteiger partial charge in [0.15, 0.2) is 0 Å². The summed E-state index contributed by atoms with van der Waals surface area (Å²) in [7, 11) is 0. The van der Waals surface area contributed by atoms with Crippen LogP contribution in [-0.2, 0) is 0 Å². The van der Waals surface area contributed by atoms with Crippen LogP contribution in [0.25, 0.3) is 21.5 Å². The quantitative estimate of drug-likeness (QED) is 0.499. The average Bonchev–Trinajstić information content (AvgIpc) is 3.00. The third-order valence-corrected chi connectivity index (χ3v) is 5.77. The fourth-order valence-corrected chi connectivity index (χ4v) is 4.18. The molecule has 28 heavy (non-hydrogen) atoms. The number of nitrogens with one attached hydrogen (secondary N) is 2. The first kappa shape index (κ1) is 18.6. The van der Waals surface area contributed by atoms with Crippen molar-refractivity contribution in [2.24, 2.45) is 0 Å². The fourth-order valence-electron chi connectivity index (χ4n) is 3.11. The molecule has 0 saturated carbocycles. The van der Waals surface area contributed by atoms with E-state index in [-0.39, 0.29) is 11.6 Å². The lowest BCUT2D eigenvalue weighted by molar-refractivity contribution is 0.845. The molecule has 0 aliphatic heterocycles. The maximum Gasteiger partial charge on any atom is 0.253 e. The third-order valence-electron chi connectivity index (χ3n) is 4.44. The minimum Gasteiger partial charge on any atom is -0.347 e. The van der Waals surface area contributed by atoms with Crippen LogP contribution >= 0.6 is 22.9 Å². The van der Waals surface area contributed by atoms with Gasteiger partial charge in [-0.15, -0.1) is 11.3 Å². The van der Waals surface area contributed by atoms with Crippen LogP contribution in [0.2, 0.25) is 5.02 Å². The number of hydrogen-bond acceptors (Lipinski definition) is 6. The van der Waals surface area contributed by atoms with Crippen LogP contribution in [0.1, 0.15) is 29.2 Å². The number of rotatable bonds is 4. The molecular weight excluding hydrogens is 394 g/mol. The predicted octanol–water partition coefficient (Wildman–Crippen LogP) is 4.88. The number of H-pyrrole nitrogens is 1. The van der Waals surface area contributed by atoms with Gasteiger partial charge in [-0.3, -0.25) is 4.79 Å². The lowest BCUT2D eigenvalue weighted by atomic mass is 10.1. The smallest absolute Gasteiger partial charge is 0.253 e. The molecule has 2 N–H and O–H groups in total. The molecule has 4 rings (SSSR count). The van der Waals surface area contributed by atoms with Gasteiger partial charge >= 0.3 is 0 Å². The molecule has 6 nitrogen and oxygen atoms in total. The summed E-state index contributed by atoms with van der Waals surface area (Å²) < 4.78 is 0. The van der Waals surface area contributed by atoms with E-state index in [1.54, 1.807) is 29.7 Å². The topological polar surface area (TPSA) is 83.6 Å². The Morgan fingerprint density at radius 3 is 2.75 bits per heavy atom. The zero-order valence-electron chi connectivity index (χ0n) is 15.6. The molecule has 0 saturated heterocycles. The molecule has 1 atom stereocenters. The van der Waals surface area contributed by atoms with Gasteiger partial charge in [0.25, 0.3) is 5.56 Å². The molecule has 0 amide bonds. The van der Waals surface area contributed by atoms with E-state index in [1.807, 2.05) is 39.0 Å². The molecule has 0 spiro atoms. The Kier molecular flexibility index (Phi) is 4.87. The predicted molar refractivity (Wildman–Crippen MR) is 114 cm³/mol. The molecule has 8 heteroatoms. The van der Waals surface area contributed by atoms with E-state index >= 15 is 0 Å². The second-order valence-corrected chi connectivity index (χ2v) is 8.20. The summed E-state index contributed by atoms with van der Waals surface area (Å²) in [6, 6.07) is 8.80.